The molecule has 0 bridgehead atoms. The number of hydrogen-bond acceptors (Lipinski definition) is 5. The van der Waals surface area contributed by atoms with E-state index in [2.05, 4.69) is 10.6 Å². The second kappa shape index (κ2) is 5.86. The first-order valence-corrected chi connectivity index (χ1v) is 7.63. The largest absolute Gasteiger partial charge is 0.454 e. The van der Waals surface area contributed by atoms with E-state index in [4.69, 9.17) is 9.47 Å². The summed E-state index contributed by atoms with van der Waals surface area (Å²) in [5.41, 5.74) is -0.568. The van der Waals surface area contributed by atoms with Crippen LogP contribution in [0.1, 0.15) is 12.5 Å². The van der Waals surface area contributed by atoms with Gasteiger partial charge in [-0.3, -0.25) is 5.32 Å². The SMILES string of the molecule is CC(O)(CNC(=O)Nc1cccs1)c1ccc2c(c1)OCO2. The van der Waals surface area contributed by atoms with Gasteiger partial charge in [0.25, 0.3) is 0 Å². The van der Waals surface area contributed by atoms with Gasteiger partial charge in [0.1, 0.15) is 5.60 Å². The molecule has 0 aliphatic carbocycles. The monoisotopic (exact) mass is 320 g/mol. The Labute approximate surface area is 131 Å². The molecule has 2 aromatic rings. The number of nitrogens with one attached hydrogen (secondary N) is 2. The van der Waals surface area contributed by atoms with Crippen LogP contribution in [0.25, 0.3) is 0 Å². The van der Waals surface area contributed by atoms with Crippen LogP contribution in [-0.4, -0.2) is 24.5 Å². The van der Waals surface area contributed by atoms with Crippen molar-refractivity contribution in [3.05, 3.63) is 41.3 Å². The van der Waals surface area contributed by atoms with Gasteiger partial charge in [-0.15, -0.1) is 11.3 Å². The Bertz CT molecular complexity index is 670. The average molecular weight is 320 g/mol. The maximum atomic E-state index is 11.8. The van der Waals surface area contributed by atoms with E-state index in [9.17, 15) is 9.90 Å². The van der Waals surface area contributed by atoms with Crippen molar-refractivity contribution < 1.29 is 19.4 Å². The molecule has 0 radical (unpaired) electrons. The highest BCUT2D eigenvalue weighted by Gasteiger charge is 2.26. The van der Waals surface area contributed by atoms with Gasteiger partial charge in [-0.25, -0.2) is 4.79 Å². The second-order valence-corrected chi connectivity index (χ2v) is 6.07. The Morgan fingerprint density at radius 2 is 2.18 bits per heavy atom. The molecular formula is C15H16N2O4S. The average Bonchev–Trinajstić information content (AvgIpc) is 3.15. The summed E-state index contributed by atoms with van der Waals surface area (Å²) in [7, 11) is 0. The molecule has 3 rings (SSSR count). The zero-order valence-electron chi connectivity index (χ0n) is 12.0. The Morgan fingerprint density at radius 3 is 2.95 bits per heavy atom. The van der Waals surface area contributed by atoms with Crippen molar-refractivity contribution in [2.75, 3.05) is 18.7 Å². The van der Waals surface area contributed by atoms with E-state index in [1.54, 1.807) is 31.2 Å². The Balaban J connectivity index is 1.62. The predicted octanol–water partition coefficient (Wildman–Crippen LogP) is 2.51. The first kappa shape index (κ1) is 14.7. The van der Waals surface area contributed by atoms with Crippen molar-refractivity contribution in [2.24, 2.45) is 0 Å². The van der Waals surface area contributed by atoms with Crippen LogP contribution < -0.4 is 20.1 Å². The van der Waals surface area contributed by atoms with Crippen LogP contribution in [0.3, 0.4) is 0 Å². The third-order valence-electron chi connectivity index (χ3n) is 3.35. The zero-order chi connectivity index (χ0) is 15.6. The van der Waals surface area contributed by atoms with Crippen LogP contribution in [0.4, 0.5) is 9.80 Å². The molecule has 1 aromatic heterocycles. The number of amides is 2. The van der Waals surface area contributed by atoms with Crippen LogP contribution >= 0.6 is 11.3 Å². The molecule has 2 heterocycles. The number of anilines is 1. The van der Waals surface area contributed by atoms with E-state index in [1.165, 1.54) is 11.3 Å². The van der Waals surface area contributed by atoms with Gasteiger partial charge in [-0.05, 0) is 42.1 Å². The van der Waals surface area contributed by atoms with E-state index in [-0.39, 0.29) is 19.4 Å². The van der Waals surface area contributed by atoms with Gasteiger partial charge < -0.3 is 19.9 Å². The first-order chi connectivity index (χ1) is 10.5. The molecule has 0 saturated carbocycles. The van der Waals surface area contributed by atoms with Crippen molar-refractivity contribution in [1.29, 1.82) is 0 Å². The molecule has 1 unspecified atom stereocenters. The van der Waals surface area contributed by atoms with Crippen LogP contribution in [0, 0.1) is 0 Å². The Hall–Kier alpha value is -2.25. The lowest BCUT2D eigenvalue weighted by Gasteiger charge is -2.24. The molecule has 1 aliphatic rings. The van der Waals surface area contributed by atoms with Gasteiger partial charge >= 0.3 is 6.03 Å². The van der Waals surface area contributed by atoms with Gasteiger partial charge in [0.05, 0.1) is 11.5 Å². The zero-order valence-corrected chi connectivity index (χ0v) is 12.8. The van der Waals surface area contributed by atoms with Gasteiger partial charge in [0, 0.05) is 0 Å². The van der Waals surface area contributed by atoms with Crippen LogP contribution in [0.5, 0.6) is 11.5 Å². The molecule has 0 spiro atoms. The van der Waals surface area contributed by atoms with E-state index in [0.29, 0.717) is 17.1 Å². The van der Waals surface area contributed by atoms with Gasteiger partial charge in [-0.1, -0.05) is 6.07 Å². The maximum absolute atomic E-state index is 11.8. The topological polar surface area (TPSA) is 79.8 Å². The molecule has 7 heteroatoms. The number of benzene rings is 1. The second-order valence-electron chi connectivity index (χ2n) is 5.13. The van der Waals surface area contributed by atoms with Crippen molar-refractivity contribution in [3.63, 3.8) is 0 Å². The van der Waals surface area contributed by atoms with E-state index >= 15 is 0 Å². The minimum Gasteiger partial charge on any atom is -0.454 e. The van der Waals surface area contributed by atoms with Gasteiger partial charge in [0.15, 0.2) is 11.5 Å². The van der Waals surface area contributed by atoms with E-state index < -0.39 is 5.60 Å². The number of rotatable bonds is 4. The molecule has 116 valence electrons. The fraction of sp³-hybridized carbons (Fsp3) is 0.267. The number of carbonyl (C=O) groups is 1. The number of thiophene rings is 1. The molecule has 22 heavy (non-hydrogen) atoms. The molecule has 1 atom stereocenters. The molecule has 1 aliphatic heterocycles. The number of carbonyl (C=O) groups excluding carboxylic acids is 1. The molecule has 1 aromatic carbocycles. The summed E-state index contributed by atoms with van der Waals surface area (Å²) in [5, 5.41) is 18.5. The Kier molecular flexibility index (Phi) is 3.91. The highest BCUT2D eigenvalue weighted by Crippen LogP contribution is 2.35. The molecule has 0 fully saturated rings. The maximum Gasteiger partial charge on any atom is 0.319 e. The van der Waals surface area contributed by atoms with Gasteiger partial charge in [-0.2, -0.15) is 0 Å². The summed E-state index contributed by atoms with van der Waals surface area (Å²) in [4.78, 5) is 11.8. The minimum atomic E-state index is -1.21. The summed E-state index contributed by atoms with van der Waals surface area (Å²) in [5.74, 6) is 1.25. The van der Waals surface area contributed by atoms with Crippen molar-refractivity contribution in [2.45, 2.75) is 12.5 Å². The van der Waals surface area contributed by atoms with Gasteiger partial charge in [0.2, 0.25) is 6.79 Å². The molecule has 0 saturated heterocycles. The summed E-state index contributed by atoms with van der Waals surface area (Å²) < 4.78 is 10.5. The lowest BCUT2D eigenvalue weighted by Crippen LogP contribution is -2.40. The smallest absolute Gasteiger partial charge is 0.319 e. The molecular weight excluding hydrogens is 304 g/mol. The first-order valence-electron chi connectivity index (χ1n) is 6.75. The summed E-state index contributed by atoms with van der Waals surface area (Å²) in [6.07, 6.45) is 0. The molecule has 6 nitrogen and oxygen atoms in total. The summed E-state index contributed by atoms with van der Waals surface area (Å²) in [6, 6.07) is 8.53. The van der Waals surface area contributed by atoms with Crippen molar-refractivity contribution in [1.82, 2.24) is 5.32 Å². The van der Waals surface area contributed by atoms with Crippen LogP contribution in [0.15, 0.2) is 35.7 Å². The third kappa shape index (κ3) is 3.15. The van der Waals surface area contributed by atoms with Crippen LogP contribution in [-0.2, 0) is 5.60 Å². The fourth-order valence-electron chi connectivity index (χ4n) is 2.09. The fourth-order valence-corrected chi connectivity index (χ4v) is 2.70. The van der Waals surface area contributed by atoms with Crippen molar-refractivity contribution in [3.8, 4) is 11.5 Å². The van der Waals surface area contributed by atoms with Crippen molar-refractivity contribution >= 4 is 22.4 Å². The normalized spacial score (nSPS) is 15.2. The number of hydrogen-bond donors (Lipinski definition) is 3. The molecule has 2 amide bonds. The predicted molar refractivity (Wildman–Crippen MR) is 83.5 cm³/mol. The number of ether oxygens (including phenoxy) is 2. The highest BCUT2D eigenvalue weighted by atomic mass is 32.1. The number of urea groups is 1. The lowest BCUT2D eigenvalue weighted by molar-refractivity contribution is 0.0597. The van der Waals surface area contributed by atoms with E-state index in [1.807, 2.05) is 11.4 Å². The minimum absolute atomic E-state index is 0.0733. The number of aliphatic hydroxyl groups is 1. The molecule has 3 N–H and O–H groups in total. The third-order valence-corrected chi connectivity index (χ3v) is 4.13. The standard InChI is InChI=1S/C15H16N2O4S/c1-15(19,8-16-14(18)17-13-3-2-6-22-13)10-4-5-11-12(7-10)21-9-20-11/h2-7,19H,8-9H2,1H3,(H2,16,17,18). The quantitative estimate of drug-likeness (QED) is 0.808. The Morgan fingerprint density at radius 1 is 1.36 bits per heavy atom. The number of fused-ring (bicyclic) bond motifs is 1. The van der Waals surface area contributed by atoms with Crippen LogP contribution in [0.2, 0.25) is 0 Å². The highest BCUT2D eigenvalue weighted by molar-refractivity contribution is 7.14. The lowest BCUT2D eigenvalue weighted by atomic mass is 9.95. The summed E-state index contributed by atoms with van der Waals surface area (Å²) >= 11 is 1.43. The summed E-state index contributed by atoms with van der Waals surface area (Å²) in [6.45, 7) is 1.89. The van der Waals surface area contributed by atoms with E-state index in [0.717, 1.165) is 5.00 Å².